The fourth-order valence-electron chi connectivity index (χ4n) is 1.64. The number of hydrogen-bond donors (Lipinski definition) is 2. The van der Waals surface area contributed by atoms with Gasteiger partial charge in [0.2, 0.25) is 0 Å². The number of carbonyl (C=O) groups is 1. The summed E-state index contributed by atoms with van der Waals surface area (Å²) in [5.74, 6) is 0.544. The Balaban J connectivity index is 1.88. The van der Waals surface area contributed by atoms with Crippen LogP contribution in [0, 0.1) is 0 Å². The van der Waals surface area contributed by atoms with Crippen molar-refractivity contribution in [2.75, 3.05) is 24.7 Å². The van der Waals surface area contributed by atoms with Gasteiger partial charge in [-0.2, -0.15) is 11.8 Å². The van der Waals surface area contributed by atoms with E-state index in [-0.39, 0.29) is 10.7 Å². The Morgan fingerprint density at radius 2 is 2.22 bits per heavy atom. The van der Waals surface area contributed by atoms with Gasteiger partial charge in [-0.3, -0.25) is 4.79 Å². The van der Waals surface area contributed by atoms with Gasteiger partial charge in [-0.1, -0.05) is 0 Å². The fraction of sp³-hybridized carbons (Fsp3) is 0.583. The number of thioether (sulfide) groups is 1. The number of nitrogens with zero attached hydrogens (tertiary/aromatic N) is 2. The normalized spacial score (nSPS) is 16.1. The van der Waals surface area contributed by atoms with E-state index in [1.165, 1.54) is 19.0 Å². The summed E-state index contributed by atoms with van der Waals surface area (Å²) in [5.41, 5.74) is 0.369. The second kappa shape index (κ2) is 5.56. The lowest BCUT2D eigenvalue weighted by Gasteiger charge is -2.12. The van der Waals surface area contributed by atoms with E-state index in [2.05, 4.69) is 26.9 Å². The van der Waals surface area contributed by atoms with Crippen molar-refractivity contribution in [3.8, 4) is 0 Å². The summed E-state index contributed by atoms with van der Waals surface area (Å²) in [6.07, 6.45) is 7.54. The van der Waals surface area contributed by atoms with Gasteiger partial charge >= 0.3 is 0 Å². The monoisotopic (exact) mass is 266 g/mol. The van der Waals surface area contributed by atoms with E-state index < -0.39 is 0 Å². The van der Waals surface area contributed by atoms with Gasteiger partial charge in [0.25, 0.3) is 5.91 Å². The highest BCUT2D eigenvalue weighted by Gasteiger charge is 2.42. The van der Waals surface area contributed by atoms with E-state index >= 15 is 0 Å². The van der Waals surface area contributed by atoms with Gasteiger partial charge in [-0.05, 0) is 26.0 Å². The van der Waals surface area contributed by atoms with E-state index in [1.807, 2.05) is 18.7 Å². The lowest BCUT2D eigenvalue weighted by molar-refractivity contribution is 0.0947. The molecular weight excluding hydrogens is 248 g/mol. The van der Waals surface area contributed by atoms with Crippen LogP contribution in [-0.2, 0) is 0 Å². The maximum atomic E-state index is 11.9. The van der Waals surface area contributed by atoms with Crippen molar-refractivity contribution >= 4 is 23.5 Å². The third kappa shape index (κ3) is 3.13. The minimum absolute atomic E-state index is 0.147. The number of amides is 1. The average Bonchev–Trinajstić information content (AvgIpc) is 3.18. The summed E-state index contributed by atoms with van der Waals surface area (Å²) < 4.78 is 0.271. The van der Waals surface area contributed by atoms with Crippen LogP contribution in [0.5, 0.6) is 0 Å². The molecular formula is C12H18N4OS. The van der Waals surface area contributed by atoms with Crippen molar-refractivity contribution in [2.24, 2.45) is 0 Å². The molecule has 1 aromatic rings. The molecule has 0 unspecified atom stereocenters. The number of rotatable bonds is 6. The number of aromatic nitrogens is 2. The van der Waals surface area contributed by atoms with Gasteiger partial charge in [-0.15, -0.1) is 0 Å². The van der Waals surface area contributed by atoms with Crippen molar-refractivity contribution in [1.82, 2.24) is 15.3 Å². The number of anilines is 1. The summed E-state index contributed by atoms with van der Waals surface area (Å²) in [7, 11) is 0. The van der Waals surface area contributed by atoms with E-state index in [0.717, 1.165) is 6.54 Å². The van der Waals surface area contributed by atoms with Crippen molar-refractivity contribution in [3.63, 3.8) is 0 Å². The van der Waals surface area contributed by atoms with Crippen molar-refractivity contribution in [3.05, 3.63) is 18.1 Å². The van der Waals surface area contributed by atoms with Crippen LogP contribution in [-0.4, -0.2) is 40.0 Å². The molecule has 2 N–H and O–H groups in total. The first-order valence-electron chi connectivity index (χ1n) is 6.08. The molecule has 1 aromatic heterocycles. The summed E-state index contributed by atoms with van der Waals surface area (Å²) in [4.78, 5) is 20.1. The minimum Gasteiger partial charge on any atom is -0.369 e. The van der Waals surface area contributed by atoms with E-state index in [9.17, 15) is 4.79 Å². The lowest BCUT2D eigenvalue weighted by atomic mass is 10.3. The standard InChI is InChI=1S/C12H18N4OS/c1-3-13-10-7-14-9(6-15-10)11(17)16-8-12(18-2)4-5-12/h6-7H,3-5,8H2,1-2H3,(H,13,15)(H,16,17). The Morgan fingerprint density at radius 1 is 1.44 bits per heavy atom. The van der Waals surface area contributed by atoms with Gasteiger partial charge < -0.3 is 10.6 Å². The second-order valence-electron chi connectivity index (χ2n) is 4.39. The Morgan fingerprint density at radius 3 is 2.72 bits per heavy atom. The molecule has 1 amide bonds. The predicted molar refractivity (Wildman–Crippen MR) is 74.0 cm³/mol. The van der Waals surface area contributed by atoms with Crippen LogP contribution in [0.15, 0.2) is 12.4 Å². The van der Waals surface area contributed by atoms with Crippen molar-refractivity contribution in [1.29, 1.82) is 0 Å². The van der Waals surface area contributed by atoms with Gasteiger partial charge in [-0.25, -0.2) is 9.97 Å². The first kappa shape index (κ1) is 13.1. The Bertz CT molecular complexity index is 417. The molecule has 0 saturated heterocycles. The molecule has 6 heteroatoms. The molecule has 0 aromatic carbocycles. The smallest absolute Gasteiger partial charge is 0.271 e. The summed E-state index contributed by atoms with van der Waals surface area (Å²) in [6.45, 7) is 3.49. The molecule has 18 heavy (non-hydrogen) atoms. The zero-order valence-corrected chi connectivity index (χ0v) is 11.5. The van der Waals surface area contributed by atoms with Crippen LogP contribution >= 0.6 is 11.8 Å². The second-order valence-corrected chi connectivity index (χ2v) is 5.66. The SMILES string of the molecule is CCNc1cnc(C(=O)NCC2(SC)CC2)cn1. The maximum Gasteiger partial charge on any atom is 0.271 e. The minimum atomic E-state index is -0.147. The summed E-state index contributed by atoms with van der Waals surface area (Å²) >= 11 is 1.82. The van der Waals surface area contributed by atoms with E-state index in [1.54, 1.807) is 6.20 Å². The molecule has 0 bridgehead atoms. The molecule has 1 aliphatic carbocycles. The topological polar surface area (TPSA) is 66.9 Å². The molecule has 98 valence electrons. The van der Waals surface area contributed by atoms with Gasteiger partial charge in [0.15, 0.2) is 0 Å². The molecule has 5 nitrogen and oxygen atoms in total. The molecule has 0 radical (unpaired) electrons. The van der Waals surface area contributed by atoms with Crippen LogP contribution in [0.3, 0.4) is 0 Å². The van der Waals surface area contributed by atoms with Crippen molar-refractivity contribution in [2.45, 2.75) is 24.5 Å². The van der Waals surface area contributed by atoms with E-state index in [4.69, 9.17) is 0 Å². The van der Waals surface area contributed by atoms with Crippen LogP contribution < -0.4 is 10.6 Å². The van der Waals surface area contributed by atoms with Crippen LogP contribution in [0.2, 0.25) is 0 Å². The highest BCUT2D eigenvalue weighted by atomic mass is 32.2. The molecule has 2 rings (SSSR count). The van der Waals surface area contributed by atoms with Crippen LogP contribution in [0.4, 0.5) is 5.82 Å². The first-order valence-corrected chi connectivity index (χ1v) is 7.31. The average molecular weight is 266 g/mol. The summed E-state index contributed by atoms with van der Waals surface area (Å²) in [6, 6.07) is 0. The quantitative estimate of drug-likeness (QED) is 0.817. The van der Waals surface area contributed by atoms with Gasteiger partial charge in [0, 0.05) is 17.8 Å². The molecule has 0 atom stereocenters. The zero-order valence-electron chi connectivity index (χ0n) is 10.7. The Hall–Kier alpha value is -1.30. The molecule has 1 heterocycles. The maximum absolute atomic E-state index is 11.9. The third-order valence-electron chi connectivity index (χ3n) is 3.05. The molecule has 1 aliphatic rings. The number of carbonyl (C=O) groups excluding carboxylic acids is 1. The number of hydrogen-bond acceptors (Lipinski definition) is 5. The lowest BCUT2D eigenvalue weighted by Crippen LogP contribution is -2.32. The molecule has 0 aliphatic heterocycles. The van der Waals surface area contributed by atoms with Crippen molar-refractivity contribution < 1.29 is 4.79 Å². The molecule has 1 fully saturated rings. The van der Waals surface area contributed by atoms with Crippen LogP contribution in [0.1, 0.15) is 30.3 Å². The number of nitrogens with one attached hydrogen (secondary N) is 2. The molecule has 0 spiro atoms. The highest BCUT2D eigenvalue weighted by molar-refractivity contribution is 8.00. The van der Waals surface area contributed by atoms with Crippen LogP contribution in [0.25, 0.3) is 0 Å². The van der Waals surface area contributed by atoms with Gasteiger partial charge in [0.1, 0.15) is 11.5 Å². The Kier molecular flexibility index (Phi) is 4.06. The highest BCUT2D eigenvalue weighted by Crippen LogP contribution is 2.46. The van der Waals surface area contributed by atoms with Gasteiger partial charge in [0.05, 0.1) is 12.4 Å². The Labute approximate surface area is 111 Å². The fourth-order valence-corrected chi connectivity index (χ4v) is 2.37. The first-order chi connectivity index (χ1) is 8.69. The largest absolute Gasteiger partial charge is 0.369 e. The van der Waals surface area contributed by atoms with E-state index in [0.29, 0.717) is 18.1 Å². The predicted octanol–water partition coefficient (Wildman–Crippen LogP) is 1.53. The molecule has 1 saturated carbocycles. The zero-order chi connectivity index (χ0) is 13.0. The third-order valence-corrected chi connectivity index (χ3v) is 4.47. The summed E-state index contributed by atoms with van der Waals surface area (Å²) in [5, 5.41) is 5.96.